The van der Waals surface area contributed by atoms with Crippen LogP contribution in [0.15, 0.2) is 29.6 Å². The highest BCUT2D eigenvalue weighted by atomic mass is 32.1. The molecule has 1 atom stereocenters. The fraction of sp³-hybridized carbons (Fsp3) is 0.375. The van der Waals surface area contributed by atoms with Crippen LogP contribution in [0.1, 0.15) is 12.1 Å². The van der Waals surface area contributed by atoms with E-state index in [0.717, 1.165) is 17.0 Å². The summed E-state index contributed by atoms with van der Waals surface area (Å²) in [6, 6.07) is 6.29. The van der Waals surface area contributed by atoms with Crippen molar-refractivity contribution in [3.05, 3.63) is 41.2 Å². The van der Waals surface area contributed by atoms with Crippen LogP contribution < -0.4 is 0 Å². The number of rotatable bonds is 4. The summed E-state index contributed by atoms with van der Waals surface area (Å²) in [5.74, 6) is -0.0632. The van der Waals surface area contributed by atoms with E-state index in [1.807, 2.05) is 5.38 Å². The number of aliphatic hydroxyl groups excluding tert-OH is 1. The smallest absolute Gasteiger partial charge is 0.228 e. The molecular weight excluding hydrogens is 303 g/mol. The van der Waals surface area contributed by atoms with Gasteiger partial charge >= 0.3 is 0 Å². The fourth-order valence-electron chi connectivity index (χ4n) is 2.62. The third kappa shape index (κ3) is 3.34. The van der Waals surface area contributed by atoms with Gasteiger partial charge in [-0.15, -0.1) is 11.3 Å². The van der Waals surface area contributed by atoms with Crippen LogP contribution in [0, 0.1) is 11.7 Å². The van der Waals surface area contributed by atoms with Crippen molar-refractivity contribution in [1.82, 2.24) is 9.88 Å². The normalized spacial score (nSPS) is 17.9. The highest BCUT2D eigenvalue weighted by Gasteiger charge is 2.26. The minimum absolute atomic E-state index is 0.0343. The maximum absolute atomic E-state index is 13.2. The third-order valence-electron chi connectivity index (χ3n) is 3.85. The molecule has 116 valence electrons. The molecule has 2 heterocycles. The summed E-state index contributed by atoms with van der Waals surface area (Å²) in [6.07, 6.45) is 1.11. The van der Waals surface area contributed by atoms with Crippen molar-refractivity contribution in [2.24, 2.45) is 5.92 Å². The number of nitrogens with zero attached hydrogens (tertiary/aromatic N) is 2. The number of hydrogen-bond donors (Lipinski definition) is 1. The first-order valence-corrected chi connectivity index (χ1v) is 8.12. The fourth-order valence-corrected chi connectivity index (χ4v) is 3.43. The van der Waals surface area contributed by atoms with Gasteiger partial charge in [0.2, 0.25) is 5.91 Å². The summed E-state index contributed by atoms with van der Waals surface area (Å²) in [5, 5.41) is 11.7. The molecular formula is C16H17FN2O2S. The van der Waals surface area contributed by atoms with Crippen molar-refractivity contribution in [2.45, 2.75) is 12.8 Å². The van der Waals surface area contributed by atoms with Gasteiger partial charge in [0.25, 0.3) is 0 Å². The zero-order chi connectivity index (χ0) is 15.5. The van der Waals surface area contributed by atoms with Gasteiger partial charge in [-0.2, -0.15) is 0 Å². The van der Waals surface area contributed by atoms with E-state index in [-0.39, 0.29) is 30.7 Å². The quantitative estimate of drug-likeness (QED) is 0.941. The van der Waals surface area contributed by atoms with E-state index >= 15 is 0 Å². The summed E-state index contributed by atoms with van der Waals surface area (Å²) in [4.78, 5) is 18.4. The lowest BCUT2D eigenvalue weighted by Gasteiger charge is -2.15. The Labute approximate surface area is 132 Å². The van der Waals surface area contributed by atoms with Crippen LogP contribution in [0.2, 0.25) is 0 Å². The Morgan fingerprint density at radius 1 is 1.50 bits per heavy atom. The molecule has 1 aromatic carbocycles. The second-order valence-corrected chi connectivity index (χ2v) is 6.37. The first-order chi connectivity index (χ1) is 10.7. The molecule has 1 amide bonds. The van der Waals surface area contributed by atoms with Crippen molar-refractivity contribution < 1.29 is 14.3 Å². The summed E-state index contributed by atoms with van der Waals surface area (Å²) in [5.41, 5.74) is 1.44. The molecule has 6 heteroatoms. The minimum atomic E-state index is -0.294. The molecule has 1 N–H and O–H groups in total. The largest absolute Gasteiger partial charge is 0.396 e. The van der Waals surface area contributed by atoms with Crippen molar-refractivity contribution in [2.75, 3.05) is 19.7 Å². The van der Waals surface area contributed by atoms with E-state index in [0.29, 0.717) is 18.8 Å². The number of aromatic nitrogens is 1. The van der Waals surface area contributed by atoms with Gasteiger partial charge < -0.3 is 10.0 Å². The Morgan fingerprint density at radius 3 is 3.09 bits per heavy atom. The average molecular weight is 320 g/mol. The van der Waals surface area contributed by atoms with Gasteiger partial charge in [-0.3, -0.25) is 4.79 Å². The lowest BCUT2D eigenvalue weighted by molar-refractivity contribution is -0.129. The number of benzene rings is 1. The van der Waals surface area contributed by atoms with Crippen LogP contribution in [0.25, 0.3) is 10.6 Å². The van der Waals surface area contributed by atoms with Gasteiger partial charge in [-0.1, -0.05) is 12.1 Å². The van der Waals surface area contributed by atoms with Gasteiger partial charge in [0.15, 0.2) is 0 Å². The molecule has 1 aliphatic heterocycles. The standard InChI is InChI=1S/C16H17FN2O2S/c17-13-3-1-2-12(6-13)16-18-14(10-22-16)7-15(21)19-5-4-11(8-19)9-20/h1-3,6,10-11,20H,4-5,7-9H2. The minimum Gasteiger partial charge on any atom is -0.396 e. The van der Waals surface area contributed by atoms with Crippen LogP contribution in [0.4, 0.5) is 4.39 Å². The SMILES string of the molecule is O=C(Cc1csc(-c2cccc(F)c2)n1)N1CCC(CO)C1. The summed E-state index contributed by atoms with van der Waals surface area (Å²) in [7, 11) is 0. The van der Waals surface area contributed by atoms with Crippen LogP contribution in [0.3, 0.4) is 0 Å². The molecule has 0 saturated carbocycles. The zero-order valence-electron chi connectivity index (χ0n) is 12.0. The van der Waals surface area contributed by atoms with Crippen molar-refractivity contribution in [3.63, 3.8) is 0 Å². The number of halogens is 1. The van der Waals surface area contributed by atoms with Crippen molar-refractivity contribution in [1.29, 1.82) is 0 Å². The second kappa shape index (κ2) is 6.54. The summed E-state index contributed by atoms with van der Waals surface area (Å²) >= 11 is 1.41. The molecule has 2 aromatic rings. The van der Waals surface area contributed by atoms with E-state index < -0.39 is 0 Å². The summed E-state index contributed by atoms with van der Waals surface area (Å²) < 4.78 is 13.2. The predicted octanol–water partition coefficient (Wildman–Crippen LogP) is 2.33. The Bertz CT molecular complexity index is 674. The maximum atomic E-state index is 13.2. The predicted molar refractivity (Wildman–Crippen MR) is 83.0 cm³/mol. The number of thiazole rings is 1. The van der Waals surface area contributed by atoms with Gasteiger partial charge in [-0.05, 0) is 18.6 Å². The van der Waals surface area contributed by atoms with Gasteiger partial charge in [0, 0.05) is 36.6 Å². The second-order valence-electron chi connectivity index (χ2n) is 5.51. The molecule has 1 fully saturated rings. The maximum Gasteiger partial charge on any atom is 0.228 e. The molecule has 0 aliphatic carbocycles. The van der Waals surface area contributed by atoms with E-state index in [1.165, 1.54) is 23.5 Å². The number of amides is 1. The Morgan fingerprint density at radius 2 is 2.36 bits per heavy atom. The monoisotopic (exact) mass is 320 g/mol. The van der Waals surface area contributed by atoms with Crippen molar-refractivity contribution in [3.8, 4) is 10.6 Å². The van der Waals surface area contributed by atoms with Crippen LogP contribution in [-0.4, -0.2) is 40.6 Å². The Kier molecular flexibility index (Phi) is 4.49. The number of aliphatic hydroxyl groups is 1. The Balaban J connectivity index is 1.66. The van der Waals surface area contributed by atoms with Crippen LogP contribution >= 0.6 is 11.3 Å². The topological polar surface area (TPSA) is 53.4 Å². The first kappa shape index (κ1) is 15.1. The number of carbonyl (C=O) groups is 1. The third-order valence-corrected chi connectivity index (χ3v) is 4.79. The van der Waals surface area contributed by atoms with Crippen molar-refractivity contribution >= 4 is 17.2 Å². The molecule has 0 bridgehead atoms. The van der Waals surface area contributed by atoms with E-state index in [2.05, 4.69) is 4.98 Å². The molecule has 4 nitrogen and oxygen atoms in total. The molecule has 0 spiro atoms. The van der Waals surface area contributed by atoms with Gasteiger partial charge in [0.1, 0.15) is 10.8 Å². The summed E-state index contributed by atoms with van der Waals surface area (Å²) in [6.45, 7) is 1.45. The zero-order valence-corrected chi connectivity index (χ0v) is 12.9. The molecule has 1 saturated heterocycles. The molecule has 1 aliphatic rings. The van der Waals surface area contributed by atoms with E-state index in [1.54, 1.807) is 17.0 Å². The number of hydrogen-bond acceptors (Lipinski definition) is 4. The average Bonchev–Trinajstić information content (AvgIpc) is 3.16. The molecule has 3 rings (SSSR count). The van der Waals surface area contributed by atoms with Crippen LogP contribution in [-0.2, 0) is 11.2 Å². The highest BCUT2D eigenvalue weighted by Crippen LogP contribution is 2.25. The number of carbonyl (C=O) groups excluding carboxylic acids is 1. The lowest BCUT2D eigenvalue weighted by atomic mass is 10.1. The number of likely N-dealkylation sites (tertiary alicyclic amines) is 1. The van der Waals surface area contributed by atoms with Crippen LogP contribution in [0.5, 0.6) is 0 Å². The van der Waals surface area contributed by atoms with E-state index in [4.69, 9.17) is 5.11 Å². The highest BCUT2D eigenvalue weighted by molar-refractivity contribution is 7.13. The van der Waals surface area contributed by atoms with Gasteiger partial charge in [-0.25, -0.2) is 9.37 Å². The molecule has 1 aromatic heterocycles. The molecule has 0 radical (unpaired) electrons. The van der Waals surface area contributed by atoms with E-state index in [9.17, 15) is 9.18 Å². The Hall–Kier alpha value is -1.79. The van der Waals surface area contributed by atoms with Gasteiger partial charge in [0.05, 0.1) is 12.1 Å². The first-order valence-electron chi connectivity index (χ1n) is 7.24. The molecule has 1 unspecified atom stereocenters. The lowest BCUT2D eigenvalue weighted by Crippen LogP contribution is -2.30. The molecule has 22 heavy (non-hydrogen) atoms.